The summed E-state index contributed by atoms with van der Waals surface area (Å²) >= 11 is 1.87. The minimum atomic E-state index is 0. The number of hydrogen-bond donors (Lipinski definition) is 1. The van der Waals surface area contributed by atoms with Crippen LogP contribution in [0.4, 0.5) is 0 Å². The van der Waals surface area contributed by atoms with Gasteiger partial charge in [0.15, 0.2) is 5.96 Å². The van der Waals surface area contributed by atoms with Crippen molar-refractivity contribution in [3.63, 3.8) is 0 Å². The number of hydrogen-bond acceptors (Lipinski definition) is 5. The average molecular weight is 549 g/mol. The second-order valence-electron chi connectivity index (χ2n) is 8.40. The fourth-order valence-electron chi connectivity index (χ4n) is 4.58. The molecule has 30 heavy (non-hydrogen) atoms. The largest absolute Gasteiger partial charge is 0.375 e. The molecule has 0 bridgehead atoms. The van der Waals surface area contributed by atoms with Gasteiger partial charge in [-0.3, -0.25) is 9.89 Å². The van der Waals surface area contributed by atoms with Gasteiger partial charge in [0.2, 0.25) is 0 Å². The van der Waals surface area contributed by atoms with Crippen molar-refractivity contribution >= 4 is 41.3 Å². The molecule has 0 radical (unpaired) electrons. The predicted molar refractivity (Wildman–Crippen MR) is 134 cm³/mol. The molecule has 4 rings (SSSR count). The number of ether oxygens (including phenoxy) is 2. The summed E-state index contributed by atoms with van der Waals surface area (Å²) < 4.78 is 11.9. The minimum Gasteiger partial charge on any atom is -0.375 e. The number of likely N-dealkylation sites (tertiary alicyclic amines) is 1. The van der Waals surface area contributed by atoms with Crippen LogP contribution in [0.25, 0.3) is 0 Å². The first-order chi connectivity index (χ1) is 14.3. The van der Waals surface area contributed by atoms with Gasteiger partial charge in [-0.25, -0.2) is 0 Å². The summed E-state index contributed by atoms with van der Waals surface area (Å²) in [5.74, 6) is 1.75. The van der Waals surface area contributed by atoms with Crippen LogP contribution in [0.15, 0.2) is 22.5 Å². The molecule has 6 nitrogen and oxygen atoms in total. The highest BCUT2D eigenvalue weighted by atomic mass is 127. The SMILES string of the molecule is CCNC(=NCC1CCN(Cc2cccs2)CC1)N1CCOC(C2CCCO2)C1.I. The van der Waals surface area contributed by atoms with E-state index in [9.17, 15) is 0 Å². The van der Waals surface area contributed by atoms with Gasteiger partial charge in [-0.05, 0) is 63.1 Å². The van der Waals surface area contributed by atoms with Crippen LogP contribution in [0.3, 0.4) is 0 Å². The van der Waals surface area contributed by atoms with Crippen molar-refractivity contribution in [2.24, 2.45) is 10.9 Å². The molecule has 1 aromatic heterocycles. The van der Waals surface area contributed by atoms with E-state index in [0.29, 0.717) is 5.92 Å². The summed E-state index contributed by atoms with van der Waals surface area (Å²) in [5.41, 5.74) is 0. The molecular formula is C22H37IN4O2S. The van der Waals surface area contributed by atoms with E-state index in [4.69, 9.17) is 14.5 Å². The molecule has 0 aliphatic carbocycles. The number of halogens is 1. The second kappa shape index (κ2) is 12.6. The van der Waals surface area contributed by atoms with Crippen molar-refractivity contribution in [1.29, 1.82) is 0 Å². The highest BCUT2D eigenvalue weighted by Gasteiger charge is 2.32. The van der Waals surface area contributed by atoms with Crippen LogP contribution in [0.1, 0.15) is 37.5 Å². The highest BCUT2D eigenvalue weighted by Crippen LogP contribution is 2.23. The molecule has 2 atom stereocenters. The molecule has 170 valence electrons. The lowest BCUT2D eigenvalue weighted by atomic mass is 9.97. The van der Waals surface area contributed by atoms with Gasteiger partial charge in [0.25, 0.3) is 0 Å². The third-order valence-electron chi connectivity index (χ3n) is 6.27. The predicted octanol–water partition coefficient (Wildman–Crippen LogP) is 3.42. The number of morpholine rings is 1. The lowest BCUT2D eigenvalue weighted by Gasteiger charge is -2.37. The number of guanidine groups is 1. The molecule has 3 fully saturated rings. The third kappa shape index (κ3) is 6.79. The highest BCUT2D eigenvalue weighted by molar-refractivity contribution is 14.0. The van der Waals surface area contributed by atoms with E-state index < -0.39 is 0 Å². The molecule has 2 unspecified atom stereocenters. The topological polar surface area (TPSA) is 49.3 Å². The molecule has 3 saturated heterocycles. The van der Waals surface area contributed by atoms with Crippen molar-refractivity contribution < 1.29 is 9.47 Å². The summed E-state index contributed by atoms with van der Waals surface area (Å²) in [7, 11) is 0. The lowest BCUT2D eigenvalue weighted by molar-refractivity contribution is -0.0817. The van der Waals surface area contributed by atoms with Gasteiger partial charge < -0.3 is 19.7 Å². The molecule has 0 aromatic carbocycles. The Balaban J connectivity index is 0.00000256. The zero-order valence-corrected chi connectivity index (χ0v) is 21.3. The number of thiophene rings is 1. The standard InChI is InChI=1S/C22H36N4O2S.HI/c1-2-23-22(26-11-13-28-21(17-26)20-6-3-12-27-20)24-15-18-7-9-25(10-8-18)16-19-5-4-14-29-19;/h4-5,14,18,20-21H,2-3,6-13,15-17H2,1H3,(H,23,24);1H. The van der Waals surface area contributed by atoms with Crippen molar-refractivity contribution in [2.45, 2.75) is 51.4 Å². The third-order valence-corrected chi connectivity index (χ3v) is 7.13. The first-order valence-electron chi connectivity index (χ1n) is 11.3. The lowest BCUT2D eigenvalue weighted by Crippen LogP contribution is -2.53. The average Bonchev–Trinajstić information content (AvgIpc) is 3.47. The fraction of sp³-hybridized carbons (Fsp3) is 0.773. The Morgan fingerprint density at radius 3 is 2.70 bits per heavy atom. The van der Waals surface area contributed by atoms with Gasteiger partial charge in [0, 0.05) is 44.2 Å². The first kappa shape index (κ1) is 24.2. The Labute approximate surface area is 202 Å². The van der Waals surface area contributed by atoms with Gasteiger partial charge in [0.05, 0.1) is 12.7 Å². The van der Waals surface area contributed by atoms with Crippen molar-refractivity contribution in [3.05, 3.63) is 22.4 Å². The monoisotopic (exact) mass is 548 g/mol. The van der Waals surface area contributed by atoms with Crippen molar-refractivity contribution in [1.82, 2.24) is 15.1 Å². The van der Waals surface area contributed by atoms with Crippen LogP contribution < -0.4 is 5.32 Å². The maximum atomic E-state index is 6.02. The van der Waals surface area contributed by atoms with Gasteiger partial charge >= 0.3 is 0 Å². The summed E-state index contributed by atoms with van der Waals surface area (Å²) in [6.45, 7) is 10.9. The maximum Gasteiger partial charge on any atom is 0.194 e. The molecule has 0 saturated carbocycles. The van der Waals surface area contributed by atoms with Crippen LogP contribution in [0, 0.1) is 5.92 Å². The van der Waals surface area contributed by atoms with E-state index in [-0.39, 0.29) is 36.2 Å². The Morgan fingerprint density at radius 2 is 2.00 bits per heavy atom. The van der Waals surface area contributed by atoms with Crippen molar-refractivity contribution in [2.75, 3.05) is 52.5 Å². The quantitative estimate of drug-likeness (QED) is 0.336. The van der Waals surface area contributed by atoms with Crippen LogP contribution in [0.2, 0.25) is 0 Å². The Morgan fingerprint density at radius 1 is 1.17 bits per heavy atom. The van der Waals surface area contributed by atoms with Gasteiger partial charge in [-0.1, -0.05) is 6.07 Å². The van der Waals surface area contributed by atoms with E-state index in [1.807, 2.05) is 11.3 Å². The molecule has 3 aliphatic heterocycles. The number of piperidine rings is 1. The zero-order valence-electron chi connectivity index (χ0n) is 18.1. The van der Waals surface area contributed by atoms with Crippen LogP contribution in [-0.4, -0.2) is 80.4 Å². The fourth-order valence-corrected chi connectivity index (χ4v) is 5.33. The van der Waals surface area contributed by atoms with Gasteiger partial charge in [-0.15, -0.1) is 35.3 Å². The second-order valence-corrected chi connectivity index (χ2v) is 9.43. The number of rotatable bonds is 6. The van der Waals surface area contributed by atoms with Gasteiger partial charge in [0.1, 0.15) is 6.10 Å². The molecule has 3 aliphatic rings. The van der Waals surface area contributed by atoms with Crippen molar-refractivity contribution in [3.8, 4) is 0 Å². The normalized spacial score (nSPS) is 26.6. The summed E-state index contributed by atoms with van der Waals surface area (Å²) in [6, 6.07) is 4.40. The number of nitrogens with one attached hydrogen (secondary N) is 1. The van der Waals surface area contributed by atoms with Crippen LogP contribution in [-0.2, 0) is 16.0 Å². The summed E-state index contributed by atoms with van der Waals surface area (Å²) in [4.78, 5) is 11.5. The Kier molecular flexibility index (Phi) is 10.2. The first-order valence-corrected chi connectivity index (χ1v) is 12.2. The van der Waals surface area contributed by atoms with Gasteiger partial charge in [-0.2, -0.15) is 0 Å². The molecule has 8 heteroatoms. The molecule has 0 spiro atoms. The number of nitrogens with zero attached hydrogens (tertiary/aromatic N) is 3. The molecular weight excluding hydrogens is 511 g/mol. The summed E-state index contributed by atoms with van der Waals surface area (Å²) in [6.07, 6.45) is 5.20. The number of aliphatic imine (C=N–C) groups is 1. The van der Waals surface area contributed by atoms with Crippen LogP contribution in [0.5, 0.6) is 0 Å². The summed E-state index contributed by atoms with van der Waals surface area (Å²) in [5, 5.41) is 5.69. The smallest absolute Gasteiger partial charge is 0.194 e. The maximum absolute atomic E-state index is 6.02. The molecule has 0 amide bonds. The molecule has 1 aromatic rings. The molecule has 4 heterocycles. The van der Waals surface area contributed by atoms with E-state index >= 15 is 0 Å². The van der Waals surface area contributed by atoms with Crippen LogP contribution >= 0.6 is 35.3 Å². The zero-order chi connectivity index (χ0) is 19.9. The Hall–Kier alpha value is -0.420. The van der Waals surface area contributed by atoms with E-state index in [1.54, 1.807) is 0 Å². The molecule has 1 N–H and O–H groups in total. The van der Waals surface area contributed by atoms with E-state index in [1.165, 1.54) is 30.8 Å². The minimum absolute atomic E-state index is 0. The van der Waals surface area contributed by atoms with E-state index in [2.05, 4.69) is 39.6 Å². The van der Waals surface area contributed by atoms with E-state index in [0.717, 1.165) is 64.7 Å². The Bertz CT molecular complexity index is 631.